The molecule has 1 atom stereocenters. The van der Waals surface area contributed by atoms with Crippen LogP contribution in [0, 0.1) is 0 Å². The van der Waals surface area contributed by atoms with Crippen LogP contribution in [0.4, 0.5) is 17.5 Å². The summed E-state index contributed by atoms with van der Waals surface area (Å²) >= 11 is 0. The fourth-order valence-corrected chi connectivity index (χ4v) is 5.80. The lowest BCUT2D eigenvalue weighted by Crippen LogP contribution is -2.44. The zero-order chi connectivity index (χ0) is 26.2. The number of likely N-dealkylation sites (tertiary alicyclic amines) is 2. The highest BCUT2D eigenvalue weighted by Gasteiger charge is 2.31. The molecule has 3 N–H and O–H groups in total. The van der Waals surface area contributed by atoms with Crippen molar-refractivity contribution in [2.45, 2.75) is 63.3 Å². The largest absolute Gasteiger partial charge is 0.376 e. The van der Waals surface area contributed by atoms with E-state index in [1.165, 1.54) is 11.6 Å². The van der Waals surface area contributed by atoms with Crippen molar-refractivity contribution in [3.05, 3.63) is 36.8 Å². The van der Waals surface area contributed by atoms with Crippen LogP contribution in [0.25, 0.3) is 11.0 Å². The maximum atomic E-state index is 12.3. The summed E-state index contributed by atoms with van der Waals surface area (Å²) in [5, 5.41) is 22.7. The molecule has 2 saturated heterocycles. The standard InChI is InChI=1S/C27H37N9O2/c1-3-23(38)34-10-4-5-19(14-34)29-25-24-22(18-6-7-18)16-35(17-37)26(24)32-27(31-25)30-20-13-28-36(15-20)21-8-11-33(2)12-9-21/h3,13,15-16,18-19,21,37H,1,4-12,14,17H2,2H3,(H2,29,30,31,32)/t19-/m1/s1. The Morgan fingerprint density at radius 1 is 1.16 bits per heavy atom. The molecule has 1 amide bonds. The molecule has 3 aromatic heterocycles. The summed E-state index contributed by atoms with van der Waals surface area (Å²) < 4.78 is 3.83. The highest BCUT2D eigenvalue weighted by molar-refractivity contribution is 5.93. The molecule has 5 heterocycles. The molecule has 3 aromatic rings. The average Bonchev–Trinajstić information content (AvgIpc) is 3.56. The lowest BCUT2D eigenvalue weighted by atomic mass is 10.0. The summed E-state index contributed by atoms with van der Waals surface area (Å²) in [5.41, 5.74) is 2.71. The summed E-state index contributed by atoms with van der Waals surface area (Å²) in [6.07, 6.45) is 13.5. The molecular weight excluding hydrogens is 482 g/mol. The molecule has 6 rings (SSSR count). The quantitative estimate of drug-likeness (QED) is 0.389. The second-order valence-corrected chi connectivity index (χ2v) is 10.9. The molecule has 1 aliphatic carbocycles. The van der Waals surface area contributed by atoms with Crippen LogP contribution in [0.3, 0.4) is 0 Å². The van der Waals surface area contributed by atoms with Gasteiger partial charge in [-0.15, -0.1) is 0 Å². The van der Waals surface area contributed by atoms with E-state index in [2.05, 4.69) is 34.3 Å². The van der Waals surface area contributed by atoms with Crippen molar-refractivity contribution < 1.29 is 9.90 Å². The minimum atomic E-state index is -0.155. The average molecular weight is 520 g/mol. The van der Waals surface area contributed by atoms with Gasteiger partial charge in [-0.25, -0.2) is 0 Å². The van der Waals surface area contributed by atoms with Gasteiger partial charge in [-0.05, 0) is 76.2 Å². The fraction of sp³-hybridized carbons (Fsp3) is 0.556. The Balaban J connectivity index is 1.30. The van der Waals surface area contributed by atoms with Gasteiger partial charge in [0.1, 0.15) is 18.2 Å². The van der Waals surface area contributed by atoms with Gasteiger partial charge in [-0.2, -0.15) is 15.1 Å². The Hall–Kier alpha value is -3.44. The van der Waals surface area contributed by atoms with Crippen molar-refractivity contribution in [2.75, 3.05) is 43.9 Å². The number of hydrogen-bond acceptors (Lipinski definition) is 8. The van der Waals surface area contributed by atoms with Gasteiger partial charge in [0.05, 0.1) is 23.3 Å². The third-order valence-corrected chi connectivity index (χ3v) is 8.08. The first-order valence-corrected chi connectivity index (χ1v) is 13.7. The predicted octanol–water partition coefficient (Wildman–Crippen LogP) is 3.05. The first kappa shape index (κ1) is 24.9. The van der Waals surface area contributed by atoms with Gasteiger partial charge in [0.25, 0.3) is 0 Å². The van der Waals surface area contributed by atoms with E-state index in [4.69, 9.17) is 9.97 Å². The number of aromatic nitrogens is 5. The van der Waals surface area contributed by atoms with Crippen molar-refractivity contribution in [3.8, 4) is 0 Å². The van der Waals surface area contributed by atoms with E-state index in [0.29, 0.717) is 30.1 Å². The molecule has 3 aliphatic rings. The number of carbonyl (C=O) groups is 1. The third-order valence-electron chi connectivity index (χ3n) is 8.08. The summed E-state index contributed by atoms with van der Waals surface area (Å²) in [4.78, 5) is 26.2. The van der Waals surface area contributed by atoms with E-state index in [1.54, 1.807) is 4.57 Å². The fourth-order valence-electron chi connectivity index (χ4n) is 5.80. The van der Waals surface area contributed by atoms with E-state index >= 15 is 0 Å². The predicted molar refractivity (Wildman–Crippen MR) is 146 cm³/mol. The number of nitrogens with one attached hydrogen (secondary N) is 2. The Morgan fingerprint density at radius 2 is 1.97 bits per heavy atom. The number of anilines is 3. The lowest BCUT2D eigenvalue weighted by molar-refractivity contribution is -0.127. The molecule has 0 unspecified atom stereocenters. The summed E-state index contributed by atoms with van der Waals surface area (Å²) in [6.45, 7) is 6.97. The Bertz CT molecular complexity index is 1320. The smallest absolute Gasteiger partial charge is 0.246 e. The van der Waals surface area contributed by atoms with E-state index in [0.717, 1.165) is 75.1 Å². The molecule has 0 bridgehead atoms. The highest BCUT2D eigenvalue weighted by Crippen LogP contribution is 2.45. The van der Waals surface area contributed by atoms with E-state index in [1.807, 2.05) is 28.2 Å². The van der Waals surface area contributed by atoms with Crippen LogP contribution in [0.15, 0.2) is 31.2 Å². The molecule has 0 spiro atoms. The van der Waals surface area contributed by atoms with Crippen LogP contribution in [-0.4, -0.2) is 84.4 Å². The van der Waals surface area contributed by atoms with Gasteiger partial charge in [-0.1, -0.05) is 6.58 Å². The zero-order valence-electron chi connectivity index (χ0n) is 22.0. The van der Waals surface area contributed by atoms with Gasteiger partial charge in [0, 0.05) is 31.5 Å². The number of aliphatic hydroxyl groups is 1. The Morgan fingerprint density at radius 3 is 2.71 bits per heavy atom. The van der Waals surface area contributed by atoms with Crippen molar-refractivity contribution in [1.29, 1.82) is 0 Å². The van der Waals surface area contributed by atoms with Crippen LogP contribution in [-0.2, 0) is 11.5 Å². The van der Waals surface area contributed by atoms with Crippen LogP contribution in [0.1, 0.15) is 56.0 Å². The molecule has 202 valence electrons. The van der Waals surface area contributed by atoms with Crippen molar-refractivity contribution >= 4 is 34.4 Å². The number of carbonyl (C=O) groups excluding carboxylic acids is 1. The van der Waals surface area contributed by atoms with Gasteiger partial charge in [0.2, 0.25) is 11.9 Å². The first-order valence-electron chi connectivity index (χ1n) is 13.7. The van der Waals surface area contributed by atoms with E-state index in [-0.39, 0.29) is 18.7 Å². The van der Waals surface area contributed by atoms with Gasteiger partial charge in [0.15, 0.2) is 0 Å². The van der Waals surface area contributed by atoms with Crippen LogP contribution in [0.5, 0.6) is 0 Å². The molecular formula is C27H37N9O2. The summed E-state index contributed by atoms with van der Waals surface area (Å²) in [7, 11) is 2.16. The molecule has 3 fully saturated rings. The van der Waals surface area contributed by atoms with Crippen molar-refractivity contribution in [3.63, 3.8) is 0 Å². The Kier molecular flexibility index (Phi) is 6.79. The second-order valence-electron chi connectivity index (χ2n) is 10.9. The highest BCUT2D eigenvalue weighted by atomic mass is 16.3. The van der Waals surface area contributed by atoms with Crippen molar-refractivity contribution in [2.24, 2.45) is 0 Å². The molecule has 11 nitrogen and oxygen atoms in total. The number of aliphatic hydroxyl groups excluding tert-OH is 1. The maximum absolute atomic E-state index is 12.3. The van der Waals surface area contributed by atoms with E-state index < -0.39 is 0 Å². The molecule has 38 heavy (non-hydrogen) atoms. The van der Waals surface area contributed by atoms with Crippen molar-refractivity contribution in [1.82, 2.24) is 34.1 Å². The minimum Gasteiger partial charge on any atom is -0.376 e. The van der Waals surface area contributed by atoms with E-state index in [9.17, 15) is 9.90 Å². The SMILES string of the molecule is C=CC(=O)N1CCC[C@@H](Nc2nc(Nc3cnn(C4CCN(C)CC4)c3)nc3c2c(C2CC2)cn3CO)C1. The minimum absolute atomic E-state index is 0.0431. The van der Waals surface area contributed by atoms with Gasteiger partial charge < -0.3 is 30.1 Å². The number of amides is 1. The van der Waals surface area contributed by atoms with Crippen LogP contribution >= 0.6 is 0 Å². The summed E-state index contributed by atoms with van der Waals surface area (Å²) in [5.74, 6) is 1.62. The third kappa shape index (κ3) is 5.00. The monoisotopic (exact) mass is 519 g/mol. The molecule has 1 saturated carbocycles. The van der Waals surface area contributed by atoms with Gasteiger partial charge in [-0.3, -0.25) is 9.48 Å². The number of rotatable bonds is 8. The first-order chi connectivity index (χ1) is 18.5. The van der Waals surface area contributed by atoms with Gasteiger partial charge >= 0.3 is 0 Å². The summed E-state index contributed by atoms with van der Waals surface area (Å²) in [6, 6.07) is 0.456. The molecule has 11 heteroatoms. The molecule has 0 radical (unpaired) electrons. The molecule has 0 aromatic carbocycles. The normalized spacial score (nSPS) is 21.1. The van der Waals surface area contributed by atoms with Crippen LogP contribution < -0.4 is 10.6 Å². The van der Waals surface area contributed by atoms with Crippen LogP contribution in [0.2, 0.25) is 0 Å². The second kappa shape index (κ2) is 10.4. The number of fused-ring (bicyclic) bond motifs is 1. The zero-order valence-corrected chi connectivity index (χ0v) is 22.0. The number of hydrogen-bond donors (Lipinski definition) is 3. The lowest BCUT2D eigenvalue weighted by Gasteiger charge is -2.33. The Labute approximate surface area is 222 Å². The number of nitrogens with zero attached hydrogens (tertiary/aromatic N) is 7. The topological polar surface area (TPSA) is 116 Å². The molecule has 2 aliphatic heterocycles. The maximum Gasteiger partial charge on any atom is 0.246 e. The number of piperidine rings is 2.